The second kappa shape index (κ2) is 31.4. The fourth-order valence-corrected chi connectivity index (χ4v) is 4.02. The first-order chi connectivity index (χ1) is 23.2. The van der Waals surface area contributed by atoms with E-state index in [4.69, 9.17) is 0 Å². The molecule has 0 saturated carbocycles. The minimum absolute atomic E-state index is 0.0111. The zero-order valence-corrected chi connectivity index (χ0v) is 30.8. The van der Waals surface area contributed by atoms with E-state index in [9.17, 15) is 24.0 Å². The summed E-state index contributed by atoms with van der Waals surface area (Å²) in [5.41, 5.74) is 0. The molecule has 5 nitrogen and oxygen atoms in total. The van der Waals surface area contributed by atoms with Crippen LogP contribution in [-0.4, -0.2) is 28.9 Å². The van der Waals surface area contributed by atoms with Gasteiger partial charge in [-0.25, -0.2) is 0 Å². The van der Waals surface area contributed by atoms with Crippen LogP contribution in [0.3, 0.4) is 0 Å². The molecule has 0 spiro atoms. The largest absolute Gasteiger partial charge is 0.300 e. The minimum atomic E-state index is 0.0111. The zero-order chi connectivity index (χ0) is 36.6. The monoisotopic (exact) mass is 656 g/mol. The molecule has 4 aromatic carbocycles. The van der Waals surface area contributed by atoms with Crippen LogP contribution in [0.5, 0.6) is 0 Å². The summed E-state index contributed by atoms with van der Waals surface area (Å²) in [6.07, 6.45) is 4.64. The van der Waals surface area contributed by atoms with Gasteiger partial charge in [-0.2, -0.15) is 0 Å². The predicted molar refractivity (Wildman–Crippen MR) is 204 cm³/mol. The van der Waals surface area contributed by atoms with Crippen molar-refractivity contribution in [3.05, 3.63) is 97.1 Å². The van der Waals surface area contributed by atoms with Crippen LogP contribution in [0.2, 0.25) is 0 Å². The second-order valence-corrected chi connectivity index (χ2v) is 10.5. The van der Waals surface area contributed by atoms with Crippen molar-refractivity contribution in [3.63, 3.8) is 0 Å². The Bertz CT molecular complexity index is 1250. The van der Waals surface area contributed by atoms with Gasteiger partial charge < -0.3 is 4.79 Å². The zero-order valence-electron chi connectivity index (χ0n) is 30.8. The van der Waals surface area contributed by atoms with Crippen molar-refractivity contribution in [2.45, 2.75) is 120 Å². The summed E-state index contributed by atoms with van der Waals surface area (Å²) in [5.74, 6) is 0.548. The van der Waals surface area contributed by atoms with Crippen LogP contribution < -0.4 is 0 Å². The van der Waals surface area contributed by atoms with Crippen molar-refractivity contribution in [2.24, 2.45) is 0 Å². The number of fused-ring (bicyclic) bond motifs is 2. The molecule has 0 unspecified atom stereocenters. The van der Waals surface area contributed by atoms with Gasteiger partial charge >= 0.3 is 0 Å². The summed E-state index contributed by atoms with van der Waals surface area (Å²) in [6.45, 7) is 15.0. The molecule has 0 aliphatic heterocycles. The quantitative estimate of drug-likeness (QED) is 0.143. The van der Waals surface area contributed by atoms with Gasteiger partial charge in [0.15, 0.2) is 0 Å². The van der Waals surface area contributed by atoms with Gasteiger partial charge in [0, 0.05) is 57.8 Å². The molecule has 4 aromatic rings. The molecule has 0 saturated heterocycles. The summed E-state index contributed by atoms with van der Waals surface area (Å²) >= 11 is 0. The van der Waals surface area contributed by atoms with E-state index in [1.54, 1.807) is 6.92 Å². The number of hydrogen-bond donors (Lipinski definition) is 0. The van der Waals surface area contributed by atoms with Crippen molar-refractivity contribution in [2.75, 3.05) is 0 Å². The van der Waals surface area contributed by atoms with E-state index in [1.807, 2.05) is 41.5 Å². The Morgan fingerprint density at radius 3 is 0.833 bits per heavy atom. The van der Waals surface area contributed by atoms with E-state index in [2.05, 4.69) is 97.1 Å². The van der Waals surface area contributed by atoms with E-state index in [0.717, 1.165) is 6.42 Å². The van der Waals surface area contributed by atoms with E-state index in [-0.39, 0.29) is 35.3 Å². The van der Waals surface area contributed by atoms with Crippen molar-refractivity contribution in [3.8, 4) is 0 Å². The van der Waals surface area contributed by atoms with Gasteiger partial charge in [-0.15, -0.1) is 0 Å². The third-order valence-electron chi connectivity index (χ3n) is 6.76. The molecule has 48 heavy (non-hydrogen) atoms. The normalized spacial score (nSPS) is 9.25. The lowest BCUT2D eigenvalue weighted by atomic mass is 10.1. The van der Waals surface area contributed by atoms with Gasteiger partial charge in [0.1, 0.15) is 28.9 Å². The topological polar surface area (TPSA) is 85.3 Å². The third kappa shape index (κ3) is 24.0. The van der Waals surface area contributed by atoms with Crippen LogP contribution in [0.4, 0.5) is 0 Å². The van der Waals surface area contributed by atoms with E-state index < -0.39 is 0 Å². The van der Waals surface area contributed by atoms with Gasteiger partial charge in [0.2, 0.25) is 0 Å². The molecule has 0 aliphatic carbocycles. The van der Waals surface area contributed by atoms with Gasteiger partial charge in [-0.3, -0.25) is 19.2 Å². The summed E-state index contributed by atoms with van der Waals surface area (Å²) in [4.78, 5) is 54.1. The van der Waals surface area contributed by atoms with Crippen molar-refractivity contribution in [1.82, 2.24) is 0 Å². The van der Waals surface area contributed by atoms with Crippen LogP contribution in [0.15, 0.2) is 97.1 Å². The number of hydrogen-bond acceptors (Lipinski definition) is 5. The molecule has 262 valence electrons. The fourth-order valence-electron chi connectivity index (χ4n) is 4.02. The van der Waals surface area contributed by atoms with Crippen LogP contribution in [0, 0.1) is 0 Å². The molecule has 0 aromatic heterocycles. The smallest absolute Gasteiger partial charge is 0.133 e. The van der Waals surface area contributed by atoms with E-state index >= 15 is 0 Å². The van der Waals surface area contributed by atoms with Gasteiger partial charge in [0.25, 0.3) is 0 Å². The van der Waals surface area contributed by atoms with Crippen LogP contribution in [0.1, 0.15) is 120 Å². The third-order valence-corrected chi connectivity index (χ3v) is 6.76. The summed E-state index contributed by atoms with van der Waals surface area (Å²) in [7, 11) is 0. The molecule has 5 heteroatoms. The summed E-state index contributed by atoms with van der Waals surface area (Å²) in [6, 6.07) is 33.4. The van der Waals surface area contributed by atoms with E-state index in [0.29, 0.717) is 51.4 Å². The van der Waals surface area contributed by atoms with Crippen LogP contribution in [-0.2, 0) is 24.0 Å². The number of Topliss-reactive ketones (excluding diaryl/α,β-unsaturated/α-hetero) is 5. The maximum atomic E-state index is 11.1. The number of carbonyl (C=O) groups is 5. The second-order valence-electron chi connectivity index (χ2n) is 10.5. The minimum Gasteiger partial charge on any atom is -0.300 e. The van der Waals surface area contributed by atoms with Gasteiger partial charge in [0.05, 0.1) is 0 Å². The predicted octanol–water partition coefficient (Wildman–Crippen LogP) is 11.5. The molecule has 0 radical (unpaired) electrons. The highest BCUT2D eigenvalue weighted by Crippen LogP contribution is 2.12. The summed E-state index contributed by atoms with van der Waals surface area (Å²) in [5, 5.41) is 5.24. The van der Waals surface area contributed by atoms with Crippen molar-refractivity contribution >= 4 is 50.5 Å². The lowest BCUT2D eigenvalue weighted by molar-refractivity contribution is -0.125. The molecule has 0 fully saturated rings. The Balaban J connectivity index is 0. The Hall–Kier alpha value is -4.25. The Morgan fingerprint density at radius 1 is 0.375 bits per heavy atom. The molecule has 0 amide bonds. The number of carbonyl (C=O) groups excluding carboxylic acids is 5. The fraction of sp³-hybridized carbons (Fsp3) is 0.419. The van der Waals surface area contributed by atoms with Gasteiger partial charge in [-0.1, -0.05) is 146 Å². The average molecular weight is 657 g/mol. The highest BCUT2D eigenvalue weighted by Gasteiger charge is 2.06. The Kier molecular flexibility index (Phi) is 30.0. The molecule has 0 bridgehead atoms. The maximum Gasteiger partial charge on any atom is 0.133 e. The highest BCUT2D eigenvalue weighted by atomic mass is 16.1. The molecule has 0 atom stereocenters. The van der Waals surface area contributed by atoms with Crippen LogP contribution in [0.25, 0.3) is 21.5 Å². The summed E-state index contributed by atoms with van der Waals surface area (Å²) < 4.78 is 0. The molecule has 0 N–H and O–H groups in total. The number of ketones is 5. The van der Waals surface area contributed by atoms with Crippen molar-refractivity contribution in [1.29, 1.82) is 0 Å². The van der Waals surface area contributed by atoms with E-state index in [1.165, 1.54) is 28.5 Å². The molecular formula is C43H60O5. The lowest BCUT2D eigenvalue weighted by Crippen LogP contribution is -2.04. The standard InChI is InChI=1S/C10H16O3.2C10H8.C9H16O2.2C2H6/c1-3-9(12)6-7-10(13)5-4-8(2)11;2*1-2-6-10-8-4-3-7-9(10)5-1;1-3-5-9(11)7-6-8(10)4-2;2*1-2/h3-7H2,1-2H3;2*1-8H;3-7H2,1-2H3;2*1-2H3. The Labute approximate surface area is 290 Å². The first-order valence-electron chi connectivity index (χ1n) is 17.6. The molecular weight excluding hydrogens is 596 g/mol. The first-order valence-corrected chi connectivity index (χ1v) is 17.6. The molecule has 4 rings (SSSR count). The Morgan fingerprint density at radius 2 is 0.604 bits per heavy atom. The average Bonchev–Trinajstić information content (AvgIpc) is 3.14. The lowest BCUT2D eigenvalue weighted by Gasteiger charge is -1.97. The maximum absolute atomic E-state index is 11.1. The molecule has 0 heterocycles. The first kappa shape index (κ1) is 45.9. The SMILES string of the molecule is CC.CC.CCC(=O)CCC(=O)CCC(C)=O.CCCC(=O)CCC(=O)CC.c1ccc2ccccc2c1.c1ccc2ccccc2c1. The number of benzene rings is 4. The van der Waals surface area contributed by atoms with Crippen LogP contribution >= 0.6 is 0 Å². The molecule has 0 aliphatic rings. The van der Waals surface area contributed by atoms with Crippen molar-refractivity contribution < 1.29 is 24.0 Å². The highest BCUT2D eigenvalue weighted by molar-refractivity contribution is 5.88. The number of rotatable bonds is 13. The van der Waals surface area contributed by atoms with Gasteiger partial charge in [-0.05, 0) is 34.9 Å².